The Labute approximate surface area is 145 Å². The number of nitrogens with two attached hydrogens (primary N) is 1. The summed E-state index contributed by atoms with van der Waals surface area (Å²) >= 11 is 0. The lowest BCUT2D eigenvalue weighted by Crippen LogP contribution is -2.11. The van der Waals surface area contributed by atoms with Crippen LogP contribution in [0.1, 0.15) is 5.56 Å². The number of nitrogens with one attached hydrogen (secondary N) is 1. The van der Waals surface area contributed by atoms with Gasteiger partial charge in [0.2, 0.25) is 0 Å². The number of fused-ring (bicyclic) bond motifs is 1. The van der Waals surface area contributed by atoms with E-state index in [1.165, 1.54) is 7.11 Å². The van der Waals surface area contributed by atoms with Gasteiger partial charge in [-0.15, -0.1) is 12.4 Å². The highest BCUT2D eigenvalue weighted by atomic mass is 35.5. The van der Waals surface area contributed by atoms with Gasteiger partial charge >= 0.3 is 0 Å². The molecule has 3 N–H and O–H groups in total. The molecule has 7 heteroatoms. The van der Waals surface area contributed by atoms with Crippen LogP contribution in [0.2, 0.25) is 0 Å². The second kappa shape index (κ2) is 7.33. The standard InChI is InChI=1S/C17H17N3O3.ClH/c1-22-14-7-12-13(8-15(14)23-2)17(21)20-19-16(12)11-6-4-3-5-10(11)9-18;/h3-8H,9,18H2,1-2H3,(H,20,21);1H. The maximum Gasteiger partial charge on any atom is 0.272 e. The first kappa shape index (κ1) is 17.8. The molecular weight excluding hydrogens is 330 g/mol. The zero-order valence-electron chi connectivity index (χ0n) is 13.3. The molecule has 126 valence electrons. The number of halogens is 1. The molecule has 0 unspecified atom stereocenters. The molecule has 3 aromatic rings. The fourth-order valence-electron chi connectivity index (χ4n) is 2.62. The lowest BCUT2D eigenvalue weighted by Gasteiger charge is -2.12. The third-order valence-electron chi connectivity index (χ3n) is 3.79. The third-order valence-corrected chi connectivity index (χ3v) is 3.79. The molecule has 0 aliphatic rings. The molecule has 24 heavy (non-hydrogen) atoms. The van der Waals surface area contributed by atoms with Crippen molar-refractivity contribution in [3.05, 3.63) is 52.3 Å². The minimum atomic E-state index is -0.282. The lowest BCUT2D eigenvalue weighted by molar-refractivity contribution is 0.356. The molecule has 0 aliphatic carbocycles. The van der Waals surface area contributed by atoms with Gasteiger partial charge in [0.25, 0.3) is 5.56 Å². The van der Waals surface area contributed by atoms with E-state index in [2.05, 4.69) is 10.2 Å². The van der Waals surface area contributed by atoms with Gasteiger partial charge in [0.05, 0.1) is 25.3 Å². The molecular formula is C17H18ClN3O3. The molecule has 0 spiro atoms. The van der Waals surface area contributed by atoms with E-state index in [-0.39, 0.29) is 18.0 Å². The third kappa shape index (κ3) is 2.93. The van der Waals surface area contributed by atoms with Crippen LogP contribution in [0.15, 0.2) is 41.2 Å². The van der Waals surface area contributed by atoms with Crippen molar-refractivity contribution >= 4 is 23.2 Å². The summed E-state index contributed by atoms with van der Waals surface area (Å²) in [6.07, 6.45) is 0. The van der Waals surface area contributed by atoms with Crippen LogP contribution < -0.4 is 20.8 Å². The summed E-state index contributed by atoms with van der Waals surface area (Å²) in [5.41, 5.74) is 8.02. The molecule has 0 amide bonds. The van der Waals surface area contributed by atoms with Crippen molar-refractivity contribution in [2.75, 3.05) is 14.2 Å². The number of hydrogen-bond acceptors (Lipinski definition) is 5. The van der Waals surface area contributed by atoms with E-state index in [1.54, 1.807) is 19.2 Å². The number of aromatic amines is 1. The van der Waals surface area contributed by atoms with Gasteiger partial charge in [-0.2, -0.15) is 5.10 Å². The van der Waals surface area contributed by atoms with E-state index >= 15 is 0 Å². The Bertz CT molecular complexity index is 925. The van der Waals surface area contributed by atoms with Crippen LogP contribution in [0.25, 0.3) is 22.0 Å². The van der Waals surface area contributed by atoms with Crippen molar-refractivity contribution in [3.8, 4) is 22.8 Å². The molecule has 0 fully saturated rings. The summed E-state index contributed by atoms with van der Waals surface area (Å²) in [5, 5.41) is 7.94. The second-order valence-corrected chi connectivity index (χ2v) is 5.02. The Morgan fingerprint density at radius 3 is 2.33 bits per heavy atom. The minimum absolute atomic E-state index is 0. The summed E-state index contributed by atoms with van der Waals surface area (Å²) in [5.74, 6) is 1.04. The summed E-state index contributed by atoms with van der Waals surface area (Å²) in [6.45, 7) is 0.381. The first-order valence-corrected chi connectivity index (χ1v) is 7.12. The molecule has 0 saturated carbocycles. The maximum atomic E-state index is 12.1. The summed E-state index contributed by atoms with van der Waals surface area (Å²) in [7, 11) is 3.08. The normalized spacial score (nSPS) is 10.3. The molecule has 0 aliphatic heterocycles. The summed E-state index contributed by atoms with van der Waals surface area (Å²) < 4.78 is 10.6. The Kier molecular flexibility index (Phi) is 5.43. The SMILES string of the molecule is COc1cc2c(-c3ccccc3CN)n[nH]c(=O)c2cc1OC.Cl. The van der Waals surface area contributed by atoms with Crippen LogP contribution in [-0.4, -0.2) is 24.4 Å². The molecule has 0 saturated heterocycles. The fraction of sp³-hybridized carbons (Fsp3) is 0.176. The second-order valence-electron chi connectivity index (χ2n) is 5.02. The number of methoxy groups -OCH3 is 2. The first-order chi connectivity index (χ1) is 11.2. The predicted molar refractivity (Wildman–Crippen MR) is 96.0 cm³/mol. The van der Waals surface area contributed by atoms with Crippen molar-refractivity contribution < 1.29 is 9.47 Å². The Morgan fingerprint density at radius 2 is 1.71 bits per heavy atom. The number of hydrogen-bond donors (Lipinski definition) is 2. The van der Waals surface area contributed by atoms with E-state index in [0.29, 0.717) is 34.5 Å². The Balaban J connectivity index is 0.00000208. The topological polar surface area (TPSA) is 90.2 Å². The van der Waals surface area contributed by atoms with Crippen LogP contribution in [0.5, 0.6) is 11.5 Å². The Hall–Kier alpha value is -2.57. The molecule has 6 nitrogen and oxygen atoms in total. The molecule has 3 rings (SSSR count). The van der Waals surface area contributed by atoms with E-state index in [9.17, 15) is 4.79 Å². The molecule has 0 radical (unpaired) electrons. The zero-order chi connectivity index (χ0) is 16.4. The molecule has 1 aromatic heterocycles. The maximum absolute atomic E-state index is 12.1. The molecule has 2 aromatic carbocycles. The monoisotopic (exact) mass is 347 g/mol. The van der Waals surface area contributed by atoms with Crippen LogP contribution in [-0.2, 0) is 6.54 Å². The van der Waals surface area contributed by atoms with E-state index in [0.717, 1.165) is 11.1 Å². The van der Waals surface area contributed by atoms with Gasteiger partial charge in [-0.3, -0.25) is 4.79 Å². The van der Waals surface area contributed by atoms with Gasteiger partial charge in [0.15, 0.2) is 11.5 Å². The smallest absolute Gasteiger partial charge is 0.272 e. The molecule has 0 atom stereocenters. The van der Waals surface area contributed by atoms with Gasteiger partial charge in [0, 0.05) is 17.5 Å². The zero-order valence-corrected chi connectivity index (χ0v) is 14.1. The van der Waals surface area contributed by atoms with Gasteiger partial charge in [0.1, 0.15) is 0 Å². The van der Waals surface area contributed by atoms with E-state index < -0.39 is 0 Å². The highest BCUT2D eigenvalue weighted by molar-refractivity contribution is 5.96. The van der Waals surface area contributed by atoms with Crippen LogP contribution in [0.4, 0.5) is 0 Å². The number of nitrogens with zero attached hydrogens (tertiary/aromatic N) is 1. The van der Waals surface area contributed by atoms with Crippen LogP contribution in [0, 0.1) is 0 Å². The van der Waals surface area contributed by atoms with Crippen molar-refractivity contribution in [2.24, 2.45) is 5.73 Å². The van der Waals surface area contributed by atoms with Crippen molar-refractivity contribution in [1.29, 1.82) is 0 Å². The average molecular weight is 348 g/mol. The minimum Gasteiger partial charge on any atom is -0.493 e. The highest BCUT2D eigenvalue weighted by Gasteiger charge is 2.15. The fourth-order valence-corrected chi connectivity index (χ4v) is 2.62. The van der Waals surface area contributed by atoms with E-state index in [4.69, 9.17) is 15.2 Å². The van der Waals surface area contributed by atoms with Gasteiger partial charge in [-0.1, -0.05) is 24.3 Å². The van der Waals surface area contributed by atoms with Crippen molar-refractivity contribution in [2.45, 2.75) is 6.54 Å². The lowest BCUT2D eigenvalue weighted by atomic mass is 10.00. The number of rotatable bonds is 4. The van der Waals surface area contributed by atoms with Gasteiger partial charge in [-0.05, 0) is 17.7 Å². The average Bonchev–Trinajstić information content (AvgIpc) is 2.61. The quantitative estimate of drug-likeness (QED) is 0.756. The Morgan fingerprint density at radius 1 is 1.08 bits per heavy atom. The molecule has 1 heterocycles. The van der Waals surface area contributed by atoms with Gasteiger partial charge in [-0.25, -0.2) is 5.10 Å². The number of ether oxygens (including phenoxy) is 2. The predicted octanol–water partition coefficient (Wildman–Crippen LogP) is 2.49. The van der Waals surface area contributed by atoms with Crippen LogP contribution >= 0.6 is 12.4 Å². The number of aromatic nitrogens is 2. The first-order valence-electron chi connectivity index (χ1n) is 7.12. The largest absolute Gasteiger partial charge is 0.493 e. The number of benzene rings is 2. The van der Waals surface area contributed by atoms with Crippen molar-refractivity contribution in [3.63, 3.8) is 0 Å². The van der Waals surface area contributed by atoms with E-state index in [1.807, 2.05) is 24.3 Å². The highest BCUT2D eigenvalue weighted by Crippen LogP contribution is 2.35. The van der Waals surface area contributed by atoms with Crippen molar-refractivity contribution in [1.82, 2.24) is 10.2 Å². The summed E-state index contributed by atoms with van der Waals surface area (Å²) in [4.78, 5) is 12.1. The number of H-pyrrole nitrogens is 1. The molecule has 0 bridgehead atoms. The van der Waals surface area contributed by atoms with Gasteiger partial charge < -0.3 is 15.2 Å². The summed E-state index contributed by atoms with van der Waals surface area (Å²) in [6, 6.07) is 11.1. The van der Waals surface area contributed by atoms with Crippen LogP contribution in [0.3, 0.4) is 0 Å².